The number of hydrogen-bond donors (Lipinski definition) is 1. The number of carbonyl (C=O) groups excluding carboxylic acids is 1. The average molecular weight is 361 g/mol. The molecule has 0 bridgehead atoms. The molecule has 0 aliphatic heterocycles. The summed E-state index contributed by atoms with van der Waals surface area (Å²) in [6, 6.07) is 5.80. The summed E-state index contributed by atoms with van der Waals surface area (Å²) in [6.45, 7) is 7.94. The van der Waals surface area contributed by atoms with Crippen LogP contribution < -0.4 is 5.32 Å². The zero-order chi connectivity index (χ0) is 17.7. The monoisotopic (exact) mass is 360 g/mol. The van der Waals surface area contributed by atoms with Crippen molar-refractivity contribution in [2.24, 2.45) is 0 Å². The first-order valence-electron chi connectivity index (χ1n) is 7.75. The van der Waals surface area contributed by atoms with Crippen molar-refractivity contribution in [1.29, 1.82) is 5.26 Å². The molecule has 0 spiro atoms. The highest BCUT2D eigenvalue weighted by Crippen LogP contribution is 2.29. The van der Waals surface area contributed by atoms with E-state index >= 15 is 0 Å². The van der Waals surface area contributed by atoms with Gasteiger partial charge in [0.15, 0.2) is 5.13 Å². The van der Waals surface area contributed by atoms with Crippen molar-refractivity contribution < 1.29 is 4.79 Å². The number of pyridine rings is 1. The number of hydrogen-bond acceptors (Lipinski definition) is 6. The molecule has 0 fully saturated rings. The maximum absolute atomic E-state index is 12.5. The van der Waals surface area contributed by atoms with E-state index in [1.165, 1.54) is 23.1 Å². The Morgan fingerprint density at radius 1 is 1.42 bits per heavy atom. The maximum Gasteiger partial charge on any atom is 0.239 e. The molecule has 1 amide bonds. The van der Waals surface area contributed by atoms with Crippen LogP contribution in [0.25, 0.3) is 0 Å². The van der Waals surface area contributed by atoms with E-state index in [1.807, 2.05) is 25.3 Å². The fourth-order valence-corrected chi connectivity index (χ4v) is 3.70. The standard InChI is InChI=1S/C17H20N4OS2/c1-5-14(15(22)21-17-19-11(4)9-23-17)24-16-12(8-18)6-7-13(20-16)10(2)3/h6-7,9-10,14H,5H2,1-4H3,(H,19,21,22). The van der Waals surface area contributed by atoms with Gasteiger partial charge in [-0.25, -0.2) is 9.97 Å². The molecule has 0 radical (unpaired) electrons. The first-order chi connectivity index (χ1) is 11.4. The van der Waals surface area contributed by atoms with E-state index in [9.17, 15) is 10.1 Å². The van der Waals surface area contributed by atoms with Crippen LogP contribution in [0.5, 0.6) is 0 Å². The molecule has 0 saturated heterocycles. The van der Waals surface area contributed by atoms with Gasteiger partial charge in [0, 0.05) is 11.1 Å². The molecule has 0 aliphatic rings. The quantitative estimate of drug-likeness (QED) is 0.775. The van der Waals surface area contributed by atoms with Crippen molar-refractivity contribution in [3.8, 4) is 6.07 Å². The number of thiazole rings is 1. The minimum absolute atomic E-state index is 0.113. The number of rotatable bonds is 6. The lowest BCUT2D eigenvalue weighted by molar-refractivity contribution is -0.115. The first-order valence-corrected chi connectivity index (χ1v) is 9.51. The van der Waals surface area contributed by atoms with Crippen LogP contribution in [-0.2, 0) is 4.79 Å². The largest absolute Gasteiger partial charge is 0.301 e. The van der Waals surface area contributed by atoms with Gasteiger partial charge in [-0.2, -0.15) is 5.26 Å². The summed E-state index contributed by atoms with van der Waals surface area (Å²) in [7, 11) is 0. The molecule has 7 heteroatoms. The Kier molecular flexibility index (Phi) is 6.35. The highest BCUT2D eigenvalue weighted by atomic mass is 32.2. The molecule has 2 aromatic rings. The number of nitrogens with one attached hydrogen (secondary N) is 1. The van der Waals surface area contributed by atoms with Crippen LogP contribution in [0.4, 0.5) is 5.13 Å². The van der Waals surface area contributed by atoms with Gasteiger partial charge in [0.2, 0.25) is 5.91 Å². The van der Waals surface area contributed by atoms with Gasteiger partial charge >= 0.3 is 0 Å². The molecular weight excluding hydrogens is 340 g/mol. The van der Waals surface area contributed by atoms with Gasteiger partial charge in [0.1, 0.15) is 11.1 Å². The third kappa shape index (κ3) is 4.56. The zero-order valence-corrected chi connectivity index (χ0v) is 15.8. The van der Waals surface area contributed by atoms with Gasteiger partial charge in [0.25, 0.3) is 0 Å². The smallest absolute Gasteiger partial charge is 0.239 e. The summed E-state index contributed by atoms with van der Waals surface area (Å²) < 4.78 is 0. The minimum Gasteiger partial charge on any atom is -0.301 e. The molecule has 1 unspecified atom stereocenters. The Morgan fingerprint density at radius 2 is 2.17 bits per heavy atom. The van der Waals surface area contributed by atoms with Crippen molar-refractivity contribution in [1.82, 2.24) is 9.97 Å². The van der Waals surface area contributed by atoms with E-state index in [0.717, 1.165) is 11.4 Å². The number of aryl methyl sites for hydroxylation is 1. The summed E-state index contributed by atoms with van der Waals surface area (Å²) in [4.78, 5) is 21.3. The lowest BCUT2D eigenvalue weighted by Crippen LogP contribution is -2.24. The third-order valence-corrected chi connectivity index (χ3v) is 5.60. The summed E-state index contributed by atoms with van der Waals surface area (Å²) in [5.41, 5.74) is 2.30. The molecule has 5 nitrogen and oxygen atoms in total. The second-order valence-corrected chi connectivity index (χ2v) is 7.70. The van der Waals surface area contributed by atoms with Gasteiger partial charge in [-0.3, -0.25) is 4.79 Å². The lowest BCUT2D eigenvalue weighted by atomic mass is 10.1. The second-order valence-electron chi connectivity index (χ2n) is 5.65. The van der Waals surface area contributed by atoms with Gasteiger partial charge < -0.3 is 5.32 Å². The SMILES string of the molecule is CCC(Sc1nc(C(C)C)ccc1C#N)C(=O)Nc1nc(C)cs1. The molecule has 2 heterocycles. The van der Waals surface area contributed by atoms with E-state index in [0.29, 0.717) is 22.1 Å². The Labute approximate surface area is 150 Å². The highest BCUT2D eigenvalue weighted by molar-refractivity contribution is 8.00. The fraction of sp³-hybridized carbons (Fsp3) is 0.412. The maximum atomic E-state index is 12.5. The van der Waals surface area contributed by atoms with E-state index in [-0.39, 0.29) is 17.1 Å². The second kappa shape index (κ2) is 8.27. The van der Waals surface area contributed by atoms with Crippen LogP contribution in [0.3, 0.4) is 0 Å². The van der Waals surface area contributed by atoms with Crippen LogP contribution in [0.2, 0.25) is 0 Å². The van der Waals surface area contributed by atoms with Gasteiger partial charge in [-0.05, 0) is 31.4 Å². The molecule has 0 aromatic carbocycles. The fourth-order valence-electron chi connectivity index (χ4n) is 2.01. The van der Waals surface area contributed by atoms with Gasteiger partial charge in [-0.15, -0.1) is 11.3 Å². The predicted octanol–water partition coefficient (Wildman–Crippen LogP) is 4.35. The Hall–Kier alpha value is -1.91. The van der Waals surface area contributed by atoms with Crippen molar-refractivity contribution in [2.45, 2.75) is 50.3 Å². The lowest BCUT2D eigenvalue weighted by Gasteiger charge is -2.15. The number of thioether (sulfide) groups is 1. The van der Waals surface area contributed by atoms with Crippen LogP contribution in [0.15, 0.2) is 22.5 Å². The topological polar surface area (TPSA) is 78.7 Å². The van der Waals surface area contributed by atoms with Crippen LogP contribution in [0, 0.1) is 18.3 Å². The summed E-state index contributed by atoms with van der Waals surface area (Å²) in [5, 5.41) is 14.9. The van der Waals surface area contributed by atoms with Crippen LogP contribution >= 0.6 is 23.1 Å². The number of carbonyl (C=O) groups is 1. The Balaban J connectivity index is 2.18. The van der Waals surface area contributed by atoms with Crippen LogP contribution in [0.1, 0.15) is 50.1 Å². The number of aromatic nitrogens is 2. The molecule has 126 valence electrons. The van der Waals surface area contributed by atoms with E-state index in [4.69, 9.17) is 0 Å². The minimum atomic E-state index is -0.323. The number of anilines is 1. The number of nitriles is 1. The summed E-state index contributed by atoms with van der Waals surface area (Å²) in [6.07, 6.45) is 0.638. The molecule has 1 atom stereocenters. The van der Waals surface area contributed by atoms with Crippen LogP contribution in [-0.4, -0.2) is 21.1 Å². The van der Waals surface area contributed by atoms with E-state index in [1.54, 1.807) is 6.07 Å². The zero-order valence-electron chi connectivity index (χ0n) is 14.2. The van der Waals surface area contributed by atoms with Gasteiger partial charge in [-0.1, -0.05) is 32.5 Å². The number of nitrogens with zero attached hydrogens (tertiary/aromatic N) is 3. The molecule has 0 aliphatic carbocycles. The molecule has 0 saturated carbocycles. The summed E-state index contributed by atoms with van der Waals surface area (Å²) >= 11 is 2.74. The van der Waals surface area contributed by atoms with Crippen molar-refractivity contribution in [3.05, 3.63) is 34.5 Å². The first kappa shape index (κ1) is 18.4. The van der Waals surface area contributed by atoms with Crippen molar-refractivity contribution in [2.75, 3.05) is 5.32 Å². The predicted molar refractivity (Wildman–Crippen MR) is 98.5 cm³/mol. The van der Waals surface area contributed by atoms with Gasteiger partial charge in [0.05, 0.1) is 16.5 Å². The Morgan fingerprint density at radius 3 is 2.71 bits per heavy atom. The molecule has 2 rings (SSSR count). The Bertz CT molecular complexity index is 764. The van der Waals surface area contributed by atoms with E-state index < -0.39 is 0 Å². The van der Waals surface area contributed by atoms with E-state index in [2.05, 4.69) is 35.2 Å². The molecule has 24 heavy (non-hydrogen) atoms. The third-order valence-electron chi connectivity index (χ3n) is 3.36. The normalized spacial score (nSPS) is 12.0. The summed E-state index contributed by atoms with van der Waals surface area (Å²) in [5.74, 6) is 0.154. The molecular formula is C17H20N4OS2. The highest BCUT2D eigenvalue weighted by Gasteiger charge is 2.22. The van der Waals surface area contributed by atoms with Crippen molar-refractivity contribution >= 4 is 34.1 Å². The van der Waals surface area contributed by atoms with Crippen molar-refractivity contribution in [3.63, 3.8) is 0 Å². The average Bonchev–Trinajstić information content (AvgIpc) is 2.96. The number of amides is 1. The molecule has 1 N–H and O–H groups in total. The molecule has 2 aromatic heterocycles.